The summed E-state index contributed by atoms with van der Waals surface area (Å²) in [6.45, 7) is 0.931. The molecule has 0 unspecified atom stereocenters. The largest absolute Gasteiger partial charge is 0.494 e. The molecule has 7 heteroatoms. The highest BCUT2D eigenvalue weighted by Gasteiger charge is 2.30. The number of halogens is 3. The van der Waals surface area contributed by atoms with Crippen LogP contribution in [0.3, 0.4) is 0 Å². The second-order valence-electron chi connectivity index (χ2n) is 3.89. The van der Waals surface area contributed by atoms with Gasteiger partial charge in [0.15, 0.2) is 0 Å². The van der Waals surface area contributed by atoms with Crippen LogP contribution in [-0.2, 0) is 12.7 Å². The second kappa shape index (κ2) is 5.73. The van der Waals surface area contributed by atoms with Gasteiger partial charge in [-0.05, 0) is 18.2 Å². The molecule has 0 amide bonds. The molecule has 2 rings (SSSR count). The number of hydrogen-bond acceptors (Lipinski definition) is 3. The van der Waals surface area contributed by atoms with Crippen molar-refractivity contribution < 1.29 is 17.9 Å². The number of aryl methyl sites for hydroxylation is 1. The van der Waals surface area contributed by atoms with Gasteiger partial charge in [0, 0.05) is 19.2 Å². The minimum absolute atomic E-state index is 0.216. The Balaban J connectivity index is 1.83. The van der Waals surface area contributed by atoms with Crippen LogP contribution in [0.4, 0.5) is 13.2 Å². The van der Waals surface area contributed by atoms with Crippen molar-refractivity contribution >= 4 is 0 Å². The fourth-order valence-corrected chi connectivity index (χ4v) is 1.53. The molecule has 19 heavy (non-hydrogen) atoms. The molecule has 1 heterocycles. The van der Waals surface area contributed by atoms with E-state index in [1.54, 1.807) is 17.1 Å². The number of ether oxygens (including phenoxy) is 1. The Kier molecular flexibility index (Phi) is 4.03. The van der Waals surface area contributed by atoms with Gasteiger partial charge in [0.25, 0.3) is 0 Å². The van der Waals surface area contributed by atoms with Crippen molar-refractivity contribution in [3.05, 3.63) is 42.2 Å². The number of hydrogen-bond donors (Lipinski definition) is 0. The Morgan fingerprint density at radius 1 is 1.26 bits per heavy atom. The molecule has 0 saturated carbocycles. The van der Waals surface area contributed by atoms with Crippen molar-refractivity contribution in [2.75, 3.05) is 6.61 Å². The van der Waals surface area contributed by atoms with Gasteiger partial charge in [-0.3, -0.25) is 4.68 Å². The van der Waals surface area contributed by atoms with E-state index < -0.39 is 11.7 Å². The highest BCUT2D eigenvalue weighted by Crippen LogP contribution is 2.31. The third kappa shape index (κ3) is 3.97. The van der Waals surface area contributed by atoms with Gasteiger partial charge < -0.3 is 4.74 Å². The third-order valence-electron chi connectivity index (χ3n) is 2.43. The predicted molar refractivity (Wildman–Crippen MR) is 61.6 cm³/mol. The zero-order valence-corrected chi connectivity index (χ0v) is 9.97. The quantitative estimate of drug-likeness (QED) is 0.785. The minimum atomic E-state index is -4.35. The highest BCUT2D eigenvalue weighted by molar-refractivity contribution is 5.30. The van der Waals surface area contributed by atoms with E-state index in [0.717, 1.165) is 12.1 Å². The summed E-state index contributed by atoms with van der Waals surface area (Å²) in [6.07, 6.45) is -0.433. The van der Waals surface area contributed by atoms with Crippen LogP contribution in [0, 0.1) is 0 Å². The van der Waals surface area contributed by atoms with Crippen LogP contribution in [0.1, 0.15) is 12.0 Å². The number of rotatable bonds is 5. The molecule has 0 radical (unpaired) electrons. The van der Waals surface area contributed by atoms with Gasteiger partial charge in [-0.25, -0.2) is 0 Å². The maximum Gasteiger partial charge on any atom is 0.416 e. The van der Waals surface area contributed by atoms with Gasteiger partial charge in [-0.15, -0.1) is 5.10 Å². The summed E-state index contributed by atoms with van der Waals surface area (Å²) < 4.78 is 44.3. The van der Waals surface area contributed by atoms with Gasteiger partial charge >= 0.3 is 6.18 Å². The van der Waals surface area contributed by atoms with Gasteiger partial charge in [-0.2, -0.15) is 13.2 Å². The van der Waals surface area contributed by atoms with E-state index in [-0.39, 0.29) is 5.75 Å². The lowest BCUT2D eigenvalue weighted by Gasteiger charge is -2.10. The standard InChI is InChI=1S/C12H12F3N3O/c13-12(14,15)10-3-1-4-11(9-10)19-8-2-6-18-7-5-16-17-18/h1,3-5,7,9H,2,6,8H2. The van der Waals surface area contributed by atoms with Crippen molar-refractivity contribution in [1.29, 1.82) is 0 Å². The lowest BCUT2D eigenvalue weighted by molar-refractivity contribution is -0.137. The smallest absolute Gasteiger partial charge is 0.416 e. The maximum atomic E-state index is 12.5. The van der Waals surface area contributed by atoms with E-state index >= 15 is 0 Å². The summed E-state index contributed by atoms with van der Waals surface area (Å²) in [5.74, 6) is 0.216. The maximum absolute atomic E-state index is 12.5. The summed E-state index contributed by atoms with van der Waals surface area (Å²) in [5, 5.41) is 7.41. The van der Waals surface area contributed by atoms with E-state index in [9.17, 15) is 13.2 Å². The molecular weight excluding hydrogens is 259 g/mol. The Morgan fingerprint density at radius 3 is 2.79 bits per heavy atom. The summed E-state index contributed by atoms with van der Waals surface area (Å²) >= 11 is 0. The third-order valence-corrected chi connectivity index (χ3v) is 2.43. The molecule has 102 valence electrons. The first-order chi connectivity index (χ1) is 9.05. The van der Waals surface area contributed by atoms with Crippen LogP contribution < -0.4 is 4.74 Å². The second-order valence-corrected chi connectivity index (χ2v) is 3.89. The topological polar surface area (TPSA) is 39.9 Å². The summed E-state index contributed by atoms with van der Waals surface area (Å²) in [7, 11) is 0. The van der Waals surface area contributed by atoms with Crippen LogP contribution in [0.2, 0.25) is 0 Å². The van der Waals surface area contributed by atoms with Crippen molar-refractivity contribution in [3.8, 4) is 5.75 Å². The molecular formula is C12H12F3N3O. The van der Waals surface area contributed by atoms with Gasteiger partial charge in [0.1, 0.15) is 5.75 Å². The molecule has 0 aliphatic rings. The van der Waals surface area contributed by atoms with Crippen LogP contribution in [0.5, 0.6) is 5.75 Å². The van der Waals surface area contributed by atoms with E-state index in [1.165, 1.54) is 12.1 Å². The SMILES string of the molecule is FC(F)(F)c1cccc(OCCCn2ccnn2)c1. The van der Waals surface area contributed by atoms with Crippen molar-refractivity contribution in [2.45, 2.75) is 19.1 Å². The fraction of sp³-hybridized carbons (Fsp3) is 0.333. The fourth-order valence-electron chi connectivity index (χ4n) is 1.53. The van der Waals surface area contributed by atoms with Crippen LogP contribution in [0.25, 0.3) is 0 Å². The van der Waals surface area contributed by atoms with Gasteiger partial charge in [0.05, 0.1) is 18.4 Å². The number of aromatic nitrogens is 3. The van der Waals surface area contributed by atoms with E-state index in [2.05, 4.69) is 10.3 Å². The summed E-state index contributed by atoms with van der Waals surface area (Å²) in [5.41, 5.74) is -0.707. The first-order valence-electron chi connectivity index (χ1n) is 5.70. The monoisotopic (exact) mass is 271 g/mol. The van der Waals surface area contributed by atoms with Gasteiger partial charge in [0.2, 0.25) is 0 Å². The molecule has 4 nitrogen and oxygen atoms in total. The molecule has 0 atom stereocenters. The number of benzene rings is 1. The Hall–Kier alpha value is -2.05. The average Bonchev–Trinajstić information content (AvgIpc) is 2.87. The molecule has 0 bridgehead atoms. The Bertz CT molecular complexity index is 511. The predicted octanol–water partition coefficient (Wildman–Crippen LogP) is 2.77. The molecule has 0 N–H and O–H groups in total. The molecule has 0 spiro atoms. The van der Waals surface area contributed by atoms with Crippen LogP contribution in [0.15, 0.2) is 36.7 Å². The lowest BCUT2D eigenvalue weighted by Crippen LogP contribution is -2.07. The summed E-state index contributed by atoms with van der Waals surface area (Å²) in [4.78, 5) is 0. The van der Waals surface area contributed by atoms with E-state index in [0.29, 0.717) is 19.6 Å². The average molecular weight is 271 g/mol. The number of nitrogens with zero attached hydrogens (tertiary/aromatic N) is 3. The normalized spacial score (nSPS) is 11.5. The van der Waals surface area contributed by atoms with Gasteiger partial charge in [-0.1, -0.05) is 11.3 Å². The van der Waals surface area contributed by atoms with Crippen LogP contribution in [-0.4, -0.2) is 21.6 Å². The molecule has 0 aliphatic carbocycles. The zero-order chi connectivity index (χ0) is 13.7. The minimum Gasteiger partial charge on any atom is -0.494 e. The molecule has 0 aliphatic heterocycles. The highest BCUT2D eigenvalue weighted by atomic mass is 19.4. The molecule has 2 aromatic rings. The Labute approximate surface area is 107 Å². The summed E-state index contributed by atoms with van der Waals surface area (Å²) in [6, 6.07) is 4.85. The zero-order valence-electron chi connectivity index (χ0n) is 9.97. The van der Waals surface area contributed by atoms with E-state index in [4.69, 9.17) is 4.74 Å². The first-order valence-corrected chi connectivity index (χ1v) is 5.70. The first kappa shape index (κ1) is 13.4. The van der Waals surface area contributed by atoms with Crippen molar-refractivity contribution in [2.24, 2.45) is 0 Å². The number of alkyl halides is 3. The lowest BCUT2D eigenvalue weighted by atomic mass is 10.2. The molecule has 1 aromatic heterocycles. The van der Waals surface area contributed by atoms with E-state index in [1.807, 2.05) is 0 Å². The van der Waals surface area contributed by atoms with Crippen molar-refractivity contribution in [3.63, 3.8) is 0 Å². The molecule has 1 aromatic carbocycles. The molecule has 0 saturated heterocycles. The Morgan fingerprint density at radius 2 is 2.11 bits per heavy atom. The van der Waals surface area contributed by atoms with Crippen LogP contribution >= 0.6 is 0 Å². The molecule has 0 fully saturated rings. The van der Waals surface area contributed by atoms with Crippen molar-refractivity contribution in [1.82, 2.24) is 15.0 Å².